The van der Waals surface area contributed by atoms with Crippen LogP contribution >= 0.6 is 33.9 Å². The van der Waals surface area contributed by atoms with Gasteiger partial charge in [0.25, 0.3) is 0 Å². The molecule has 0 aliphatic carbocycles. The van der Waals surface area contributed by atoms with Crippen LogP contribution in [0.3, 0.4) is 0 Å². The van der Waals surface area contributed by atoms with E-state index in [1.165, 1.54) is 27.2 Å². The summed E-state index contributed by atoms with van der Waals surface area (Å²) in [7, 11) is 0. The molecule has 1 aromatic heterocycles. The molecule has 2 rings (SSSR count). The van der Waals surface area contributed by atoms with Crippen molar-refractivity contribution in [1.82, 2.24) is 10.3 Å². The van der Waals surface area contributed by atoms with E-state index in [2.05, 4.69) is 32.9 Å². The molecule has 0 aromatic carbocycles. The predicted molar refractivity (Wildman–Crippen MR) is 59.4 cm³/mol. The number of piperidine rings is 1. The molecule has 1 N–H and O–H groups in total. The Bertz CT molecular complexity index is 255. The zero-order chi connectivity index (χ0) is 8.39. The van der Waals surface area contributed by atoms with E-state index in [0.717, 1.165) is 6.54 Å². The van der Waals surface area contributed by atoms with Crippen LogP contribution in [0.25, 0.3) is 0 Å². The van der Waals surface area contributed by atoms with Gasteiger partial charge in [0.1, 0.15) is 5.01 Å². The molecule has 4 heteroatoms. The summed E-state index contributed by atoms with van der Waals surface area (Å²) in [6.07, 6.45) is 5.87. The topological polar surface area (TPSA) is 24.9 Å². The fourth-order valence-corrected chi connectivity index (χ4v) is 3.06. The number of rotatable bonds is 1. The summed E-state index contributed by atoms with van der Waals surface area (Å²) in [5.74, 6) is 0. The number of hydrogen-bond donors (Lipinski definition) is 1. The SMILES string of the molecule is Ic1cnc(C2CCCCN2)s1. The number of aromatic nitrogens is 1. The molecule has 0 bridgehead atoms. The molecule has 0 amide bonds. The van der Waals surface area contributed by atoms with Gasteiger partial charge in [-0.25, -0.2) is 4.98 Å². The van der Waals surface area contributed by atoms with E-state index in [9.17, 15) is 0 Å². The molecule has 1 unspecified atom stereocenters. The van der Waals surface area contributed by atoms with Crippen molar-refractivity contribution in [2.75, 3.05) is 6.54 Å². The highest BCUT2D eigenvalue weighted by Crippen LogP contribution is 2.26. The Labute approximate surface area is 89.9 Å². The van der Waals surface area contributed by atoms with Gasteiger partial charge in [0.15, 0.2) is 0 Å². The van der Waals surface area contributed by atoms with E-state index >= 15 is 0 Å². The lowest BCUT2D eigenvalue weighted by atomic mass is 10.1. The van der Waals surface area contributed by atoms with Gasteiger partial charge in [-0.2, -0.15) is 0 Å². The van der Waals surface area contributed by atoms with Crippen molar-refractivity contribution in [3.05, 3.63) is 14.1 Å². The van der Waals surface area contributed by atoms with Gasteiger partial charge in [-0.05, 0) is 42.0 Å². The second kappa shape index (κ2) is 4.02. The Morgan fingerprint density at radius 3 is 3.08 bits per heavy atom. The van der Waals surface area contributed by atoms with E-state index in [1.54, 1.807) is 0 Å². The minimum Gasteiger partial charge on any atom is -0.308 e. The maximum absolute atomic E-state index is 4.39. The lowest BCUT2D eigenvalue weighted by Gasteiger charge is -2.20. The standard InChI is InChI=1S/C8H11IN2S/c9-7-5-11-8(12-7)6-3-1-2-4-10-6/h5-6,10H,1-4H2. The van der Waals surface area contributed by atoms with Crippen molar-refractivity contribution in [2.24, 2.45) is 0 Å². The zero-order valence-electron chi connectivity index (χ0n) is 6.72. The maximum Gasteiger partial charge on any atom is 0.111 e. The highest BCUT2D eigenvalue weighted by Gasteiger charge is 2.17. The first kappa shape index (κ1) is 8.90. The summed E-state index contributed by atoms with van der Waals surface area (Å²) in [5.41, 5.74) is 0. The predicted octanol–water partition coefficient (Wildman–Crippen LogP) is 2.56. The van der Waals surface area contributed by atoms with Gasteiger partial charge in [-0.3, -0.25) is 0 Å². The van der Waals surface area contributed by atoms with E-state index in [1.807, 2.05) is 17.5 Å². The summed E-state index contributed by atoms with van der Waals surface area (Å²) in [6.45, 7) is 1.15. The van der Waals surface area contributed by atoms with Crippen molar-refractivity contribution in [3.63, 3.8) is 0 Å². The van der Waals surface area contributed by atoms with Crippen LogP contribution in [0.4, 0.5) is 0 Å². The highest BCUT2D eigenvalue weighted by atomic mass is 127. The first-order valence-electron chi connectivity index (χ1n) is 4.21. The van der Waals surface area contributed by atoms with Gasteiger partial charge in [-0.1, -0.05) is 6.42 Å². The zero-order valence-corrected chi connectivity index (χ0v) is 9.69. The third-order valence-electron chi connectivity index (χ3n) is 2.10. The molecular formula is C8H11IN2S. The third kappa shape index (κ3) is 1.97. The van der Waals surface area contributed by atoms with E-state index in [4.69, 9.17) is 0 Å². The molecular weight excluding hydrogens is 283 g/mol. The van der Waals surface area contributed by atoms with Crippen LogP contribution in [-0.4, -0.2) is 11.5 Å². The first-order chi connectivity index (χ1) is 5.86. The minimum atomic E-state index is 0.535. The number of nitrogens with one attached hydrogen (secondary N) is 1. The van der Waals surface area contributed by atoms with Crippen LogP contribution in [0.2, 0.25) is 0 Å². The fraction of sp³-hybridized carbons (Fsp3) is 0.625. The van der Waals surface area contributed by atoms with E-state index in [-0.39, 0.29) is 0 Å². The Morgan fingerprint density at radius 2 is 2.50 bits per heavy atom. The summed E-state index contributed by atoms with van der Waals surface area (Å²) in [5, 5.41) is 4.76. The van der Waals surface area contributed by atoms with Crippen LogP contribution < -0.4 is 5.32 Å². The third-order valence-corrected chi connectivity index (χ3v) is 3.94. The lowest BCUT2D eigenvalue weighted by Crippen LogP contribution is -2.26. The van der Waals surface area contributed by atoms with Gasteiger partial charge in [-0.15, -0.1) is 11.3 Å². The van der Waals surface area contributed by atoms with Crippen LogP contribution in [0.5, 0.6) is 0 Å². The van der Waals surface area contributed by atoms with Crippen molar-refractivity contribution < 1.29 is 0 Å². The number of thiazole rings is 1. The van der Waals surface area contributed by atoms with Gasteiger partial charge in [0.2, 0.25) is 0 Å². The van der Waals surface area contributed by atoms with Crippen molar-refractivity contribution >= 4 is 33.9 Å². The molecule has 66 valence electrons. The second-order valence-electron chi connectivity index (χ2n) is 3.01. The van der Waals surface area contributed by atoms with Crippen molar-refractivity contribution in [2.45, 2.75) is 25.3 Å². The van der Waals surface area contributed by atoms with Crippen molar-refractivity contribution in [3.8, 4) is 0 Å². The maximum atomic E-state index is 4.39. The molecule has 2 heterocycles. The molecule has 1 aliphatic rings. The Balaban J connectivity index is 2.08. The average Bonchev–Trinajstić information content (AvgIpc) is 2.54. The van der Waals surface area contributed by atoms with Gasteiger partial charge >= 0.3 is 0 Å². The molecule has 12 heavy (non-hydrogen) atoms. The summed E-state index contributed by atoms with van der Waals surface area (Å²) >= 11 is 4.13. The van der Waals surface area contributed by atoms with Crippen LogP contribution in [0, 0.1) is 2.88 Å². The molecule has 1 fully saturated rings. The molecule has 0 radical (unpaired) electrons. The highest BCUT2D eigenvalue weighted by molar-refractivity contribution is 14.1. The van der Waals surface area contributed by atoms with Crippen LogP contribution in [0.15, 0.2) is 6.20 Å². The van der Waals surface area contributed by atoms with Crippen LogP contribution in [-0.2, 0) is 0 Å². The van der Waals surface area contributed by atoms with Gasteiger partial charge in [0, 0.05) is 0 Å². The molecule has 0 spiro atoms. The van der Waals surface area contributed by atoms with Crippen molar-refractivity contribution in [1.29, 1.82) is 0 Å². The number of hydrogen-bond acceptors (Lipinski definition) is 3. The summed E-state index contributed by atoms with van der Waals surface area (Å²) in [6, 6.07) is 0.535. The Morgan fingerprint density at radius 1 is 1.58 bits per heavy atom. The monoisotopic (exact) mass is 294 g/mol. The number of halogens is 1. The molecule has 1 aliphatic heterocycles. The molecule has 1 saturated heterocycles. The molecule has 2 nitrogen and oxygen atoms in total. The quantitative estimate of drug-likeness (QED) is 0.805. The lowest BCUT2D eigenvalue weighted by molar-refractivity contribution is 0.411. The normalized spacial score (nSPS) is 24.2. The van der Waals surface area contributed by atoms with Gasteiger partial charge < -0.3 is 5.32 Å². The molecule has 1 atom stereocenters. The fourth-order valence-electron chi connectivity index (χ4n) is 1.49. The van der Waals surface area contributed by atoms with E-state index < -0.39 is 0 Å². The minimum absolute atomic E-state index is 0.535. The number of nitrogens with zero attached hydrogens (tertiary/aromatic N) is 1. The average molecular weight is 294 g/mol. The molecule has 1 aromatic rings. The summed E-state index contributed by atoms with van der Waals surface area (Å²) in [4.78, 5) is 4.39. The summed E-state index contributed by atoms with van der Waals surface area (Å²) < 4.78 is 1.29. The second-order valence-corrected chi connectivity index (χ2v) is 5.96. The molecule has 0 saturated carbocycles. The smallest absolute Gasteiger partial charge is 0.111 e. The first-order valence-corrected chi connectivity index (χ1v) is 6.10. The van der Waals surface area contributed by atoms with Crippen LogP contribution in [0.1, 0.15) is 30.3 Å². The van der Waals surface area contributed by atoms with Gasteiger partial charge in [0.05, 0.1) is 15.1 Å². The Hall–Kier alpha value is 0.320. The van der Waals surface area contributed by atoms with E-state index in [0.29, 0.717) is 6.04 Å². The largest absolute Gasteiger partial charge is 0.308 e. The Kier molecular flexibility index (Phi) is 2.98.